The van der Waals surface area contributed by atoms with Crippen molar-refractivity contribution in [3.05, 3.63) is 57.8 Å². The number of nitrogens with zero attached hydrogens (tertiary/aromatic N) is 3. The number of carbonyl (C=O) groups excluding carboxylic acids is 1. The first kappa shape index (κ1) is 27.4. The van der Waals surface area contributed by atoms with E-state index in [0.29, 0.717) is 39.6 Å². The molecule has 14 heteroatoms. The number of piperidine rings is 1. The summed E-state index contributed by atoms with van der Waals surface area (Å²) in [5, 5.41) is 8.61. The second-order valence-electron chi connectivity index (χ2n) is 9.74. The first-order valence-electron chi connectivity index (χ1n) is 12.7. The van der Waals surface area contributed by atoms with Gasteiger partial charge >= 0.3 is 6.03 Å². The van der Waals surface area contributed by atoms with Crippen LogP contribution in [-0.2, 0) is 22.6 Å². The minimum absolute atomic E-state index is 0.0841. The standard InChI is InChI=1S/C26H25Cl2N5O5S2/c27-19-2-1-3-20(28)22(19)23-18(24(38-30-23)14-4-5-14)13-37-16-8-10-33(11-9-16)15-6-7-17-21(12-15)39-31-25(17)29-26(34)32-40(35)36/h1-3,6-7,12,14,16H,4-5,8-11,13H2,(H,35,36)(H2,29,31,32,34)/p-1. The molecule has 6 rings (SSSR count). The Hall–Kier alpha value is -2.74. The van der Waals surface area contributed by atoms with Crippen molar-refractivity contribution in [3.8, 4) is 11.3 Å². The van der Waals surface area contributed by atoms with Crippen LogP contribution in [0.4, 0.5) is 16.3 Å². The molecular formula is C26H24Cl2N5O5S2-. The van der Waals surface area contributed by atoms with Crippen molar-refractivity contribution < 1.29 is 22.8 Å². The normalized spacial score (nSPS) is 16.8. The van der Waals surface area contributed by atoms with Gasteiger partial charge in [-0.05, 0) is 67.5 Å². The molecule has 2 N–H and O–H groups in total. The van der Waals surface area contributed by atoms with E-state index in [4.69, 9.17) is 32.5 Å². The van der Waals surface area contributed by atoms with E-state index in [9.17, 15) is 13.6 Å². The van der Waals surface area contributed by atoms with Gasteiger partial charge in [0.2, 0.25) is 0 Å². The second kappa shape index (κ2) is 11.6. The fourth-order valence-electron chi connectivity index (χ4n) is 4.95. The van der Waals surface area contributed by atoms with Gasteiger partial charge in [-0.1, -0.05) is 34.4 Å². The largest absolute Gasteiger partial charge is 0.755 e. The summed E-state index contributed by atoms with van der Waals surface area (Å²) in [6.45, 7) is 2.02. The minimum Gasteiger partial charge on any atom is -0.755 e. The molecule has 2 aromatic carbocycles. The molecule has 0 radical (unpaired) electrons. The monoisotopic (exact) mass is 620 g/mol. The van der Waals surface area contributed by atoms with Crippen LogP contribution in [0.1, 0.15) is 42.9 Å². The topological polar surface area (TPSA) is 133 Å². The highest BCUT2D eigenvalue weighted by Crippen LogP contribution is 2.46. The molecule has 40 heavy (non-hydrogen) atoms. The van der Waals surface area contributed by atoms with Crippen LogP contribution in [-0.4, -0.2) is 43.5 Å². The number of carbonyl (C=O) groups is 1. The van der Waals surface area contributed by atoms with Gasteiger partial charge in [0, 0.05) is 52.5 Å². The third kappa shape index (κ3) is 5.83. The van der Waals surface area contributed by atoms with Gasteiger partial charge in [0.1, 0.15) is 11.5 Å². The number of halogens is 2. The van der Waals surface area contributed by atoms with Crippen LogP contribution in [0, 0.1) is 0 Å². The third-order valence-corrected chi connectivity index (χ3v) is 8.89. The summed E-state index contributed by atoms with van der Waals surface area (Å²) in [6, 6.07) is 10.4. The van der Waals surface area contributed by atoms with Gasteiger partial charge < -0.3 is 18.7 Å². The summed E-state index contributed by atoms with van der Waals surface area (Å²) in [5.41, 5.74) is 3.31. The lowest BCUT2D eigenvalue weighted by atomic mass is 10.0. The quantitative estimate of drug-likeness (QED) is 0.221. The fraction of sp³-hybridized carbons (Fsp3) is 0.346. The molecular weight excluding hydrogens is 597 g/mol. The Bertz CT molecular complexity index is 1560. The lowest BCUT2D eigenvalue weighted by molar-refractivity contribution is 0.0246. The van der Waals surface area contributed by atoms with Crippen molar-refractivity contribution in [3.63, 3.8) is 0 Å². The van der Waals surface area contributed by atoms with Gasteiger partial charge in [-0.2, -0.15) is 4.37 Å². The van der Waals surface area contributed by atoms with Crippen molar-refractivity contribution in [1.29, 1.82) is 0 Å². The van der Waals surface area contributed by atoms with E-state index >= 15 is 0 Å². The molecule has 3 heterocycles. The Morgan fingerprint density at radius 3 is 2.62 bits per heavy atom. The number of hydrogen-bond donors (Lipinski definition) is 2. The summed E-state index contributed by atoms with van der Waals surface area (Å²) in [7, 11) is 0. The zero-order valence-electron chi connectivity index (χ0n) is 21.0. The number of amides is 2. The maximum atomic E-state index is 11.7. The van der Waals surface area contributed by atoms with Crippen molar-refractivity contribution in [1.82, 2.24) is 14.3 Å². The lowest BCUT2D eigenvalue weighted by Gasteiger charge is -2.33. The first-order chi connectivity index (χ1) is 19.4. The zero-order valence-corrected chi connectivity index (χ0v) is 24.2. The molecule has 1 saturated heterocycles. The van der Waals surface area contributed by atoms with Gasteiger partial charge in [-0.3, -0.25) is 14.2 Å². The summed E-state index contributed by atoms with van der Waals surface area (Å²) < 4.78 is 40.4. The molecule has 10 nitrogen and oxygen atoms in total. The Balaban J connectivity index is 1.10. The Kier molecular flexibility index (Phi) is 7.98. The van der Waals surface area contributed by atoms with Gasteiger partial charge in [-0.15, -0.1) is 0 Å². The Morgan fingerprint density at radius 1 is 1.18 bits per heavy atom. The van der Waals surface area contributed by atoms with Crippen molar-refractivity contribution in [2.24, 2.45) is 0 Å². The van der Waals surface area contributed by atoms with Crippen molar-refractivity contribution in [2.45, 2.75) is 44.3 Å². The van der Waals surface area contributed by atoms with Crippen LogP contribution in [0.2, 0.25) is 10.0 Å². The number of ether oxygens (including phenoxy) is 1. The van der Waals surface area contributed by atoms with Crippen molar-refractivity contribution >= 4 is 73.6 Å². The fourth-order valence-corrected chi connectivity index (χ4v) is 6.50. The average molecular weight is 622 g/mol. The highest BCUT2D eigenvalue weighted by molar-refractivity contribution is 7.77. The Morgan fingerprint density at radius 2 is 1.93 bits per heavy atom. The van der Waals surface area contributed by atoms with Crippen molar-refractivity contribution in [2.75, 3.05) is 23.3 Å². The average Bonchev–Trinajstić information content (AvgIpc) is 3.58. The van der Waals surface area contributed by atoms with Crippen LogP contribution in [0.3, 0.4) is 0 Å². The number of aromatic nitrogens is 2. The summed E-state index contributed by atoms with van der Waals surface area (Å²) in [6.07, 6.45) is 3.94. The third-order valence-electron chi connectivity index (χ3n) is 7.10. The summed E-state index contributed by atoms with van der Waals surface area (Å²) in [5.74, 6) is 1.55. The number of hydrogen-bond acceptors (Lipinski definition) is 9. The maximum Gasteiger partial charge on any atom is 0.331 e. The molecule has 1 atom stereocenters. The van der Waals surface area contributed by atoms with Gasteiger partial charge in [-0.25, -0.2) is 4.79 Å². The molecule has 1 aliphatic heterocycles. The Labute approximate surface area is 246 Å². The smallest absolute Gasteiger partial charge is 0.331 e. The molecule has 1 saturated carbocycles. The van der Waals surface area contributed by atoms with Crippen LogP contribution < -0.4 is 14.9 Å². The number of urea groups is 1. The predicted molar refractivity (Wildman–Crippen MR) is 155 cm³/mol. The number of fused-ring (bicyclic) bond motifs is 1. The van der Waals surface area contributed by atoms with E-state index in [2.05, 4.69) is 19.7 Å². The highest BCUT2D eigenvalue weighted by Gasteiger charge is 2.34. The molecule has 2 aliphatic rings. The number of benzene rings is 2. The molecule has 4 aromatic rings. The number of nitrogens with one attached hydrogen (secondary N) is 2. The van der Waals surface area contributed by atoms with Gasteiger partial charge in [0.15, 0.2) is 5.82 Å². The summed E-state index contributed by atoms with van der Waals surface area (Å²) >= 11 is 11.5. The summed E-state index contributed by atoms with van der Waals surface area (Å²) in [4.78, 5) is 14.0. The first-order valence-corrected chi connectivity index (χ1v) is 15.3. The number of rotatable bonds is 8. The molecule has 2 amide bonds. The van der Waals surface area contributed by atoms with Gasteiger partial charge in [0.05, 0.1) is 27.5 Å². The molecule has 210 valence electrons. The molecule has 0 bridgehead atoms. The lowest BCUT2D eigenvalue weighted by Crippen LogP contribution is -2.37. The van der Waals surface area contributed by atoms with Crippen LogP contribution in [0.5, 0.6) is 0 Å². The molecule has 0 spiro atoms. The van der Waals surface area contributed by atoms with E-state index in [1.807, 2.05) is 24.3 Å². The SMILES string of the molecule is O=C(Nc1nsc2cc(N3CCC(OCc4c(-c5c(Cl)cccc5Cl)noc4C4CC4)CC3)ccc12)NS(=O)[O-]. The van der Waals surface area contributed by atoms with E-state index in [1.165, 1.54) is 11.5 Å². The highest BCUT2D eigenvalue weighted by atomic mass is 35.5. The van der Waals surface area contributed by atoms with Crippen LogP contribution in [0.15, 0.2) is 40.9 Å². The van der Waals surface area contributed by atoms with E-state index < -0.39 is 17.3 Å². The predicted octanol–water partition coefficient (Wildman–Crippen LogP) is 6.24. The maximum absolute atomic E-state index is 11.7. The molecule has 1 unspecified atom stereocenters. The van der Waals surface area contributed by atoms with Crippen LogP contribution >= 0.6 is 34.7 Å². The van der Waals surface area contributed by atoms with E-state index in [1.54, 1.807) is 16.9 Å². The minimum atomic E-state index is -2.70. The molecule has 1 aliphatic carbocycles. The molecule has 2 fully saturated rings. The molecule has 2 aromatic heterocycles. The van der Waals surface area contributed by atoms with Gasteiger partial charge in [0.25, 0.3) is 0 Å². The number of anilines is 2. The zero-order chi connectivity index (χ0) is 27.8. The van der Waals surface area contributed by atoms with E-state index in [0.717, 1.165) is 65.9 Å². The second-order valence-corrected chi connectivity index (χ2v) is 12.0. The van der Waals surface area contributed by atoms with Crippen LogP contribution in [0.25, 0.3) is 21.3 Å². The van der Waals surface area contributed by atoms with E-state index in [-0.39, 0.29) is 6.10 Å².